The van der Waals surface area contributed by atoms with Gasteiger partial charge < -0.3 is 4.90 Å². The van der Waals surface area contributed by atoms with Crippen LogP contribution in [0.2, 0.25) is 0 Å². The molecule has 1 fully saturated rings. The van der Waals surface area contributed by atoms with Gasteiger partial charge in [0.05, 0.1) is 16.1 Å². The highest BCUT2D eigenvalue weighted by molar-refractivity contribution is 9.10. The molecule has 1 amide bonds. The summed E-state index contributed by atoms with van der Waals surface area (Å²) in [4.78, 5) is 14.4. The largest absolute Gasteiger partial charge is 0.332 e. The van der Waals surface area contributed by atoms with Gasteiger partial charge in [-0.2, -0.15) is 0 Å². The molecule has 2 aromatic rings. The van der Waals surface area contributed by atoms with Gasteiger partial charge in [-0.25, -0.2) is 4.39 Å². The maximum absolute atomic E-state index is 14.1. The van der Waals surface area contributed by atoms with E-state index in [4.69, 9.17) is 0 Å². The molecule has 1 aliphatic heterocycles. The highest BCUT2D eigenvalue weighted by Gasteiger charge is 2.31. The molecule has 1 heterocycles. The second kappa shape index (κ2) is 5.98. The third-order valence-corrected chi connectivity index (χ3v) is 4.49. The van der Waals surface area contributed by atoms with Crippen LogP contribution in [0.4, 0.5) is 4.39 Å². The van der Waals surface area contributed by atoms with E-state index in [1.807, 2.05) is 30.3 Å². The van der Waals surface area contributed by atoms with Crippen LogP contribution >= 0.6 is 15.9 Å². The number of halogens is 2. The second-order valence-electron chi connectivity index (χ2n) is 5.17. The standard InChI is InChI=1S/C17H15BrFNO/c18-14-9-4-8-13(16(14)19)17(21)20-11-5-10-15(20)12-6-2-1-3-7-12/h1-4,6-9,15H,5,10-11H2. The number of carbonyl (C=O) groups excluding carboxylic acids is 1. The minimum absolute atomic E-state index is 0.0390. The van der Waals surface area contributed by atoms with Crippen molar-refractivity contribution in [3.8, 4) is 0 Å². The predicted molar refractivity (Wildman–Crippen MR) is 83.6 cm³/mol. The maximum atomic E-state index is 14.1. The van der Waals surface area contributed by atoms with Crippen molar-refractivity contribution in [2.24, 2.45) is 0 Å². The lowest BCUT2D eigenvalue weighted by atomic mass is 10.0. The van der Waals surface area contributed by atoms with Gasteiger partial charge in [0.25, 0.3) is 5.91 Å². The van der Waals surface area contributed by atoms with E-state index in [-0.39, 0.29) is 17.5 Å². The van der Waals surface area contributed by atoms with Gasteiger partial charge in [-0.05, 0) is 46.5 Å². The minimum Gasteiger partial charge on any atom is -0.332 e. The first kappa shape index (κ1) is 14.3. The molecule has 1 unspecified atom stereocenters. The highest BCUT2D eigenvalue weighted by Crippen LogP contribution is 2.33. The summed E-state index contributed by atoms with van der Waals surface area (Å²) < 4.78 is 14.5. The monoisotopic (exact) mass is 347 g/mol. The van der Waals surface area contributed by atoms with Crippen LogP contribution in [0.3, 0.4) is 0 Å². The molecule has 1 aliphatic rings. The van der Waals surface area contributed by atoms with Crippen LogP contribution in [0.1, 0.15) is 34.8 Å². The average Bonchev–Trinajstić information content (AvgIpc) is 3.00. The minimum atomic E-state index is -0.485. The number of benzene rings is 2. The fraction of sp³-hybridized carbons (Fsp3) is 0.235. The van der Waals surface area contributed by atoms with Crippen LogP contribution < -0.4 is 0 Å². The molecular weight excluding hydrogens is 333 g/mol. The quantitative estimate of drug-likeness (QED) is 0.779. The maximum Gasteiger partial charge on any atom is 0.257 e. The summed E-state index contributed by atoms with van der Waals surface area (Å²) in [5, 5.41) is 0. The highest BCUT2D eigenvalue weighted by atomic mass is 79.9. The van der Waals surface area contributed by atoms with Gasteiger partial charge in [-0.15, -0.1) is 0 Å². The lowest BCUT2D eigenvalue weighted by molar-refractivity contribution is 0.0730. The number of likely N-dealkylation sites (tertiary alicyclic amines) is 1. The number of rotatable bonds is 2. The van der Waals surface area contributed by atoms with Crippen LogP contribution in [-0.4, -0.2) is 17.4 Å². The van der Waals surface area contributed by atoms with Crippen molar-refractivity contribution in [2.45, 2.75) is 18.9 Å². The van der Waals surface area contributed by atoms with Crippen molar-refractivity contribution in [1.29, 1.82) is 0 Å². The number of hydrogen-bond donors (Lipinski definition) is 0. The number of nitrogens with zero attached hydrogens (tertiary/aromatic N) is 1. The molecule has 108 valence electrons. The van der Waals surface area contributed by atoms with Crippen LogP contribution in [-0.2, 0) is 0 Å². The van der Waals surface area contributed by atoms with Crippen molar-refractivity contribution in [3.63, 3.8) is 0 Å². The van der Waals surface area contributed by atoms with Crippen molar-refractivity contribution in [3.05, 3.63) is 69.9 Å². The van der Waals surface area contributed by atoms with Gasteiger partial charge in [0.2, 0.25) is 0 Å². The van der Waals surface area contributed by atoms with E-state index < -0.39 is 5.82 Å². The van der Waals surface area contributed by atoms with Crippen molar-refractivity contribution in [1.82, 2.24) is 4.90 Å². The Balaban J connectivity index is 1.92. The van der Waals surface area contributed by atoms with Gasteiger partial charge in [-0.1, -0.05) is 36.4 Å². The molecule has 21 heavy (non-hydrogen) atoms. The molecule has 0 saturated carbocycles. The van der Waals surface area contributed by atoms with Gasteiger partial charge in [0, 0.05) is 6.54 Å². The zero-order chi connectivity index (χ0) is 14.8. The molecule has 0 spiro atoms. The number of amides is 1. The number of hydrogen-bond acceptors (Lipinski definition) is 1. The first-order valence-electron chi connectivity index (χ1n) is 6.98. The Labute approximate surface area is 131 Å². The van der Waals surface area contributed by atoms with E-state index in [1.165, 1.54) is 0 Å². The van der Waals surface area contributed by atoms with E-state index in [0.29, 0.717) is 11.0 Å². The molecule has 2 nitrogen and oxygen atoms in total. The Bertz CT molecular complexity index is 659. The van der Waals surface area contributed by atoms with E-state index in [0.717, 1.165) is 18.4 Å². The molecule has 2 aromatic carbocycles. The molecule has 0 aromatic heterocycles. The van der Waals surface area contributed by atoms with Crippen molar-refractivity contribution in [2.75, 3.05) is 6.54 Å². The number of carbonyl (C=O) groups is 1. The molecular formula is C17H15BrFNO. The summed E-state index contributed by atoms with van der Waals surface area (Å²) in [6.45, 7) is 0.671. The van der Waals surface area contributed by atoms with Gasteiger partial charge in [0.1, 0.15) is 5.82 Å². The van der Waals surface area contributed by atoms with Crippen molar-refractivity contribution >= 4 is 21.8 Å². The Morgan fingerprint density at radius 1 is 1.14 bits per heavy atom. The zero-order valence-corrected chi connectivity index (χ0v) is 13.0. The Morgan fingerprint density at radius 2 is 1.90 bits per heavy atom. The van der Waals surface area contributed by atoms with E-state index in [2.05, 4.69) is 15.9 Å². The molecule has 0 aliphatic carbocycles. The Hall–Kier alpha value is -1.68. The second-order valence-corrected chi connectivity index (χ2v) is 6.02. The van der Waals surface area contributed by atoms with Crippen LogP contribution in [0.25, 0.3) is 0 Å². The Morgan fingerprint density at radius 3 is 2.67 bits per heavy atom. The first-order valence-corrected chi connectivity index (χ1v) is 7.77. The third kappa shape index (κ3) is 2.72. The fourth-order valence-corrected chi connectivity index (χ4v) is 3.22. The summed E-state index contributed by atoms with van der Waals surface area (Å²) >= 11 is 3.14. The SMILES string of the molecule is O=C(c1cccc(Br)c1F)N1CCCC1c1ccccc1. The summed E-state index contributed by atoms with van der Waals surface area (Å²) in [6.07, 6.45) is 1.87. The lowest BCUT2D eigenvalue weighted by Gasteiger charge is -2.25. The molecule has 0 bridgehead atoms. The molecule has 4 heteroatoms. The Kier molecular flexibility index (Phi) is 4.06. The molecule has 1 atom stereocenters. The smallest absolute Gasteiger partial charge is 0.257 e. The van der Waals surface area contributed by atoms with E-state index in [9.17, 15) is 9.18 Å². The molecule has 0 N–H and O–H groups in total. The molecule has 3 rings (SSSR count). The third-order valence-electron chi connectivity index (χ3n) is 3.88. The summed E-state index contributed by atoms with van der Waals surface area (Å²) in [7, 11) is 0. The fourth-order valence-electron chi connectivity index (χ4n) is 2.86. The van der Waals surface area contributed by atoms with Gasteiger partial charge >= 0.3 is 0 Å². The van der Waals surface area contributed by atoms with Crippen LogP contribution in [0.15, 0.2) is 53.0 Å². The summed E-state index contributed by atoms with van der Waals surface area (Å²) in [5.41, 5.74) is 1.24. The van der Waals surface area contributed by atoms with Gasteiger partial charge in [-0.3, -0.25) is 4.79 Å². The topological polar surface area (TPSA) is 20.3 Å². The lowest BCUT2D eigenvalue weighted by Crippen LogP contribution is -2.31. The van der Waals surface area contributed by atoms with Gasteiger partial charge in [0.15, 0.2) is 0 Å². The van der Waals surface area contributed by atoms with E-state index in [1.54, 1.807) is 23.1 Å². The summed E-state index contributed by atoms with van der Waals surface area (Å²) in [6, 6.07) is 14.8. The summed E-state index contributed by atoms with van der Waals surface area (Å²) in [5.74, 6) is -0.721. The average molecular weight is 348 g/mol. The zero-order valence-electron chi connectivity index (χ0n) is 11.4. The van der Waals surface area contributed by atoms with Crippen LogP contribution in [0, 0.1) is 5.82 Å². The van der Waals surface area contributed by atoms with E-state index >= 15 is 0 Å². The first-order chi connectivity index (χ1) is 10.2. The predicted octanol–water partition coefficient (Wildman–Crippen LogP) is 4.57. The molecule has 0 radical (unpaired) electrons. The normalized spacial score (nSPS) is 18.0. The molecule has 1 saturated heterocycles. The van der Waals surface area contributed by atoms with Crippen LogP contribution in [0.5, 0.6) is 0 Å². The van der Waals surface area contributed by atoms with Crippen molar-refractivity contribution < 1.29 is 9.18 Å².